The molecule has 0 saturated carbocycles. The standard InChI is InChI=1S/C11H16N4O2/c1-13-10(16)7-15(2)11(17)8-3-4-14-9(5-8)6-12/h3-5H,6-7,12H2,1-2H3,(H,13,16). The van der Waals surface area contributed by atoms with Gasteiger partial charge in [-0.15, -0.1) is 0 Å². The number of pyridine rings is 1. The van der Waals surface area contributed by atoms with E-state index in [4.69, 9.17) is 5.73 Å². The molecule has 0 aliphatic rings. The quantitative estimate of drug-likeness (QED) is 0.727. The van der Waals surface area contributed by atoms with Crippen molar-refractivity contribution in [3.05, 3.63) is 29.6 Å². The highest BCUT2D eigenvalue weighted by molar-refractivity contribution is 5.96. The maximum absolute atomic E-state index is 11.9. The first-order valence-corrected chi connectivity index (χ1v) is 5.19. The van der Waals surface area contributed by atoms with E-state index < -0.39 is 0 Å². The molecule has 3 N–H and O–H groups in total. The lowest BCUT2D eigenvalue weighted by atomic mass is 10.2. The molecule has 0 fully saturated rings. The summed E-state index contributed by atoms with van der Waals surface area (Å²) in [6.07, 6.45) is 1.53. The molecule has 0 aliphatic carbocycles. The van der Waals surface area contributed by atoms with Crippen LogP contribution in [0.5, 0.6) is 0 Å². The van der Waals surface area contributed by atoms with Crippen molar-refractivity contribution in [1.82, 2.24) is 15.2 Å². The summed E-state index contributed by atoms with van der Waals surface area (Å²) in [5.41, 5.74) is 6.57. The summed E-state index contributed by atoms with van der Waals surface area (Å²) in [7, 11) is 3.10. The van der Waals surface area contributed by atoms with Crippen molar-refractivity contribution in [3.63, 3.8) is 0 Å². The molecule has 0 saturated heterocycles. The van der Waals surface area contributed by atoms with Crippen molar-refractivity contribution in [3.8, 4) is 0 Å². The van der Waals surface area contributed by atoms with Gasteiger partial charge in [0.25, 0.3) is 5.91 Å². The highest BCUT2D eigenvalue weighted by Crippen LogP contribution is 2.04. The Morgan fingerprint density at radius 2 is 2.24 bits per heavy atom. The zero-order valence-corrected chi connectivity index (χ0v) is 9.93. The number of nitrogens with one attached hydrogen (secondary N) is 1. The van der Waals surface area contributed by atoms with Crippen molar-refractivity contribution in [2.24, 2.45) is 5.73 Å². The van der Waals surface area contributed by atoms with Crippen LogP contribution >= 0.6 is 0 Å². The Bertz CT molecular complexity index is 420. The predicted molar refractivity (Wildman–Crippen MR) is 63.2 cm³/mol. The van der Waals surface area contributed by atoms with Gasteiger partial charge in [0.05, 0.1) is 12.2 Å². The maximum Gasteiger partial charge on any atom is 0.254 e. The summed E-state index contributed by atoms with van der Waals surface area (Å²) >= 11 is 0. The van der Waals surface area contributed by atoms with E-state index in [0.29, 0.717) is 11.3 Å². The SMILES string of the molecule is CNC(=O)CN(C)C(=O)c1ccnc(CN)c1. The lowest BCUT2D eigenvalue weighted by Gasteiger charge is -2.16. The fourth-order valence-corrected chi connectivity index (χ4v) is 1.31. The molecule has 0 aromatic carbocycles. The Morgan fingerprint density at radius 3 is 2.82 bits per heavy atom. The monoisotopic (exact) mass is 236 g/mol. The number of hydrogen-bond donors (Lipinski definition) is 2. The summed E-state index contributed by atoms with van der Waals surface area (Å²) in [6.45, 7) is 0.301. The van der Waals surface area contributed by atoms with Crippen LogP contribution in [0.2, 0.25) is 0 Å². The summed E-state index contributed by atoms with van der Waals surface area (Å²) in [5.74, 6) is -0.445. The van der Waals surface area contributed by atoms with Gasteiger partial charge in [0.1, 0.15) is 0 Å². The number of likely N-dealkylation sites (N-methyl/N-ethyl adjacent to an activating group) is 2. The number of nitrogens with two attached hydrogens (primary N) is 1. The molecule has 1 heterocycles. The second-order valence-electron chi connectivity index (χ2n) is 3.57. The molecule has 0 radical (unpaired) electrons. The zero-order valence-electron chi connectivity index (χ0n) is 9.93. The number of carbonyl (C=O) groups excluding carboxylic acids is 2. The van der Waals surface area contributed by atoms with Gasteiger partial charge in [0, 0.05) is 32.4 Å². The Hall–Kier alpha value is -1.95. The molecule has 0 unspecified atom stereocenters. The number of aromatic nitrogens is 1. The van der Waals surface area contributed by atoms with Crippen LogP contribution in [-0.2, 0) is 11.3 Å². The van der Waals surface area contributed by atoms with Crippen LogP contribution in [-0.4, -0.2) is 42.3 Å². The topological polar surface area (TPSA) is 88.3 Å². The predicted octanol–water partition coefficient (Wildman–Crippen LogP) is -0.642. The van der Waals surface area contributed by atoms with Gasteiger partial charge < -0.3 is 16.0 Å². The van der Waals surface area contributed by atoms with Gasteiger partial charge in [-0.2, -0.15) is 0 Å². The van der Waals surface area contributed by atoms with E-state index in [9.17, 15) is 9.59 Å². The smallest absolute Gasteiger partial charge is 0.254 e. The van der Waals surface area contributed by atoms with Crippen molar-refractivity contribution < 1.29 is 9.59 Å². The zero-order chi connectivity index (χ0) is 12.8. The highest BCUT2D eigenvalue weighted by Gasteiger charge is 2.14. The van der Waals surface area contributed by atoms with Crippen LogP contribution < -0.4 is 11.1 Å². The summed E-state index contributed by atoms with van der Waals surface area (Å²) in [5, 5.41) is 2.46. The van der Waals surface area contributed by atoms with Crippen LogP contribution in [0.4, 0.5) is 0 Å². The molecule has 0 atom stereocenters. The molecule has 6 nitrogen and oxygen atoms in total. The molecule has 2 amide bonds. The minimum atomic E-state index is -0.231. The normalized spacial score (nSPS) is 9.82. The van der Waals surface area contributed by atoms with E-state index in [1.807, 2.05) is 0 Å². The van der Waals surface area contributed by atoms with Gasteiger partial charge in [-0.1, -0.05) is 0 Å². The van der Waals surface area contributed by atoms with Crippen LogP contribution in [0, 0.1) is 0 Å². The second-order valence-corrected chi connectivity index (χ2v) is 3.57. The summed E-state index contributed by atoms with van der Waals surface area (Å²) < 4.78 is 0. The average molecular weight is 236 g/mol. The Labute approximate surface area is 99.8 Å². The highest BCUT2D eigenvalue weighted by atomic mass is 16.2. The summed E-state index contributed by atoms with van der Waals surface area (Å²) in [6, 6.07) is 3.23. The van der Waals surface area contributed by atoms with E-state index >= 15 is 0 Å². The van der Waals surface area contributed by atoms with Crippen LogP contribution in [0.15, 0.2) is 18.3 Å². The third-order valence-corrected chi connectivity index (χ3v) is 2.28. The average Bonchev–Trinajstić information content (AvgIpc) is 2.37. The maximum atomic E-state index is 11.9. The van der Waals surface area contributed by atoms with E-state index in [0.717, 1.165) is 0 Å². The molecule has 1 aromatic rings. The molecule has 92 valence electrons. The fraction of sp³-hybridized carbons (Fsp3) is 0.364. The lowest BCUT2D eigenvalue weighted by molar-refractivity contribution is -0.121. The number of nitrogens with zero attached hydrogens (tertiary/aromatic N) is 2. The number of amides is 2. The second kappa shape index (κ2) is 5.95. The third kappa shape index (κ3) is 3.53. The molecular formula is C11H16N4O2. The van der Waals surface area contributed by atoms with Gasteiger partial charge in [0.15, 0.2) is 0 Å². The first kappa shape index (κ1) is 13.1. The molecule has 6 heteroatoms. The minimum absolute atomic E-state index is 0.0234. The van der Waals surface area contributed by atoms with Crippen molar-refractivity contribution in [1.29, 1.82) is 0 Å². The van der Waals surface area contributed by atoms with Crippen molar-refractivity contribution in [2.45, 2.75) is 6.54 Å². The Balaban J connectivity index is 2.77. The molecule has 0 aliphatic heterocycles. The lowest BCUT2D eigenvalue weighted by Crippen LogP contribution is -2.36. The molecule has 1 aromatic heterocycles. The van der Waals surface area contributed by atoms with E-state index in [1.165, 1.54) is 18.1 Å². The molecule has 1 rings (SSSR count). The first-order valence-electron chi connectivity index (χ1n) is 5.19. The fourth-order valence-electron chi connectivity index (χ4n) is 1.31. The van der Waals surface area contributed by atoms with Crippen LogP contribution in [0.25, 0.3) is 0 Å². The largest absolute Gasteiger partial charge is 0.358 e. The first-order chi connectivity index (χ1) is 8.08. The van der Waals surface area contributed by atoms with Gasteiger partial charge in [-0.3, -0.25) is 14.6 Å². The van der Waals surface area contributed by atoms with Crippen LogP contribution in [0.1, 0.15) is 16.1 Å². The van der Waals surface area contributed by atoms with Crippen molar-refractivity contribution in [2.75, 3.05) is 20.6 Å². The van der Waals surface area contributed by atoms with Gasteiger partial charge in [0.2, 0.25) is 5.91 Å². The van der Waals surface area contributed by atoms with E-state index in [2.05, 4.69) is 10.3 Å². The van der Waals surface area contributed by atoms with E-state index in [1.54, 1.807) is 19.2 Å². The van der Waals surface area contributed by atoms with Gasteiger partial charge in [-0.05, 0) is 12.1 Å². The molecule has 0 spiro atoms. The number of hydrogen-bond acceptors (Lipinski definition) is 4. The Kier molecular flexibility index (Phi) is 4.59. The van der Waals surface area contributed by atoms with Crippen molar-refractivity contribution >= 4 is 11.8 Å². The van der Waals surface area contributed by atoms with Crippen LogP contribution in [0.3, 0.4) is 0 Å². The number of rotatable bonds is 4. The Morgan fingerprint density at radius 1 is 1.53 bits per heavy atom. The molecule has 17 heavy (non-hydrogen) atoms. The van der Waals surface area contributed by atoms with E-state index in [-0.39, 0.29) is 24.9 Å². The third-order valence-electron chi connectivity index (χ3n) is 2.28. The van der Waals surface area contributed by atoms with Gasteiger partial charge in [-0.25, -0.2) is 0 Å². The number of carbonyl (C=O) groups is 2. The van der Waals surface area contributed by atoms with Gasteiger partial charge >= 0.3 is 0 Å². The minimum Gasteiger partial charge on any atom is -0.358 e. The summed E-state index contributed by atoms with van der Waals surface area (Å²) in [4.78, 5) is 28.4. The molecule has 0 bridgehead atoms. The molecular weight excluding hydrogens is 220 g/mol.